The fourth-order valence-corrected chi connectivity index (χ4v) is 3.71. The molecule has 0 aromatic heterocycles. The minimum Gasteiger partial charge on any atom is -0.350 e. The maximum atomic E-state index is 13.2. The summed E-state index contributed by atoms with van der Waals surface area (Å²) >= 11 is 0. The average Bonchev–Trinajstić information content (AvgIpc) is 3.06. The van der Waals surface area contributed by atoms with Gasteiger partial charge in [-0.25, -0.2) is 0 Å². The molecule has 1 fully saturated rings. The van der Waals surface area contributed by atoms with Crippen molar-refractivity contribution in [1.82, 2.24) is 10.2 Å². The van der Waals surface area contributed by atoms with Crippen LogP contribution in [0.4, 0.5) is 0 Å². The van der Waals surface area contributed by atoms with Gasteiger partial charge in [0.25, 0.3) is 0 Å². The van der Waals surface area contributed by atoms with Crippen molar-refractivity contribution in [2.45, 2.75) is 38.3 Å². The first-order chi connectivity index (χ1) is 12.1. The van der Waals surface area contributed by atoms with Crippen molar-refractivity contribution in [3.8, 4) is 0 Å². The van der Waals surface area contributed by atoms with Crippen LogP contribution in [0.25, 0.3) is 0 Å². The van der Waals surface area contributed by atoms with Crippen LogP contribution < -0.4 is 5.32 Å². The largest absolute Gasteiger partial charge is 0.350 e. The normalized spacial score (nSPS) is 19.6. The van der Waals surface area contributed by atoms with Crippen LogP contribution in [0.3, 0.4) is 0 Å². The number of carbonyl (C=O) groups is 2. The monoisotopic (exact) mass is 336 g/mol. The van der Waals surface area contributed by atoms with E-state index >= 15 is 0 Å². The Bertz CT molecular complexity index is 730. The number of nitrogens with one attached hydrogen (secondary N) is 1. The predicted molar refractivity (Wildman–Crippen MR) is 97.8 cm³/mol. The van der Waals surface area contributed by atoms with Crippen LogP contribution in [0, 0.1) is 0 Å². The molecule has 25 heavy (non-hydrogen) atoms. The van der Waals surface area contributed by atoms with Gasteiger partial charge in [0.2, 0.25) is 11.8 Å². The molecule has 0 aliphatic carbocycles. The van der Waals surface area contributed by atoms with E-state index in [-0.39, 0.29) is 11.8 Å². The molecule has 1 saturated heterocycles. The van der Waals surface area contributed by atoms with Crippen molar-refractivity contribution in [3.05, 3.63) is 71.8 Å². The highest BCUT2D eigenvalue weighted by Crippen LogP contribution is 2.33. The van der Waals surface area contributed by atoms with Gasteiger partial charge in [0.1, 0.15) is 5.54 Å². The fourth-order valence-electron chi connectivity index (χ4n) is 3.71. The minimum atomic E-state index is -0.790. The Balaban J connectivity index is 1.83. The van der Waals surface area contributed by atoms with Gasteiger partial charge in [-0.2, -0.15) is 0 Å². The van der Waals surface area contributed by atoms with E-state index in [1.165, 1.54) is 0 Å². The van der Waals surface area contributed by atoms with Crippen LogP contribution >= 0.6 is 0 Å². The highest BCUT2D eigenvalue weighted by molar-refractivity contribution is 5.91. The summed E-state index contributed by atoms with van der Waals surface area (Å²) < 4.78 is 0. The van der Waals surface area contributed by atoms with Gasteiger partial charge in [0.15, 0.2) is 0 Å². The number of likely N-dealkylation sites (tertiary alicyclic amines) is 1. The highest BCUT2D eigenvalue weighted by atomic mass is 16.2. The summed E-state index contributed by atoms with van der Waals surface area (Å²) in [7, 11) is 0. The number of hydrogen-bond acceptors (Lipinski definition) is 2. The van der Waals surface area contributed by atoms with Crippen molar-refractivity contribution >= 4 is 11.8 Å². The molecule has 0 bridgehead atoms. The van der Waals surface area contributed by atoms with E-state index in [0.29, 0.717) is 25.9 Å². The van der Waals surface area contributed by atoms with Crippen molar-refractivity contribution in [3.63, 3.8) is 0 Å². The second-order valence-corrected chi connectivity index (χ2v) is 6.64. The fraction of sp³-hybridized carbons (Fsp3) is 0.333. The topological polar surface area (TPSA) is 49.4 Å². The molecule has 2 aromatic carbocycles. The lowest BCUT2D eigenvalue weighted by Gasteiger charge is -2.37. The maximum absolute atomic E-state index is 13.2. The molecule has 3 rings (SSSR count). The molecule has 1 aliphatic rings. The lowest BCUT2D eigenvalue weighted by molar-refractivity contribution is -0.143. The number of rotatable bonds is 5. The van der Waals surface area contributed by atoms with E-state index < -0.39 is 5.54 Å². The molecular formula is C21H24N2O2. The molecule has 4 heteroatoms. The van der Waals surface area contributed by atoms with Crippen LogP contribution in [0.1, 0.15) is 30.9 Å². The Hall–Kier alpha value is -2.62. The van der Waals surface area contributed by atoms with Crippen LogP contribution in [0.5, 0.6) is 0 Å². The van der Waals surface area contributed by atoms with E-state index in [1.807, 2.05) is 60.7 Å². The molecule has 1 atom stereocenters. The Labute approximate surface area is 148 Å². The first-order valence-corrected chi connectivity index (χ1v) is 8.76. The minimum absolute atomic E-state index is 0.0386. The van der Waals surface area contributed by atoms with E-state index in [9.17, 15) is 9.59 Å². The summed E-state index contributed by atoms with van der Waals surface area (Å²) in [5.74, 6) is -0.101. The zero-order valence-corrected chi connectivity index (χ0v) is 14.6. The van der Waals surface area contributed by atoms with Gasteiger partial charge in [0.05, 0.1) is 0 Å². The summed E-state index contributed by atoms with van der Waals surface area (Å²) in [6, 6.07) is 19.8. The molecule has 0 radical (unpaired) electrons. The van der Waals surface area contributed by atoms with E-state index in [4.69, 9.17) is 0 Å². The van der Waals surface area contributed by atoms with E-state index in [1.54, 1.807) is 11.8 Å². The third-order valence-corrected chi connectivity index (χ3v) is 4.93. The van der Waals surface area contributed by atoms with Gasteiger partial charge in [0, 0.05) is 26.4 Å². The molecule has 1 heterocycles. The molecule has 1 aliphatic heterocycles. The summed E-state index contributed by atoms with van der Waals surface area (Å²) in [6.07, 6.45) is 2.10. The van der Waals surface area contributed by atoms with Gasteiger partial charge in [-0.1, -0.05) is 60.7 Å². The Morgan fingerprint density at radius 2 is 1.60 bits per heavy atom. The third kappa shape index (κ3) is 3.73. The lowest BCUT2D eigenvalue weighted by Crippen LogP contribution is -2.58. The molecule has 1 N–H and O–H groups in total. The number of amides is 2. The molecule has 2 amide bonds. The lowest BCUT2D eigenvalue weighted by atomic mass is 9.86. The predicted octanol–water partition coefficient (Wildman–Crippen LogP) is 2.93. The number of carbonyl (C=O) groups excluding carboxylic acids is 2. The molecule has 130 valence electrons. The Morgan fingerprint density at radius 1 is 1.00 bits per heavy atom. The highest BCUT2D eigenvalue weighted by Gasteiger charge is 2.48. The summed E-state index contributed by atoms with van der Waals surface area (Å²) in [6.45, 7) is 2.67. The van der Waals surface area contributed by atoms with E-state index in [0.717, 1.165) is 17.5 Å². The van der Waals surface area contributed by atoms with Gasteiger partial charge >= 0.3 is 0 Å². The smallest absolute Gasteiger partial charge is 0.246 e. The molecule has 4 nitrogen and oxygen atoms in total. The third-order valence-electron chi connectivity index (χ3n) is 4.93. The second kappa shape index (κ2) is 7.51. The van der Waals surface area contributed by atoms with Gasteiger partial charge in [-0.05, 0) is 24.0 Å². The first kappa shape index (κ1) is 17.2. The summed E-state index contributed by atoms with van der Waals surface area (Å²) in [5, 5.41) is 3.05. The zero-order chi connectivity index (χ0) is 17.7. The van der Waals surface area contributed by atoms with Crippen LogP contribution in [0.15, 0.2) is 60.7 Å². The average molecular weight is 336 g/mol. The van der Waals surface area contributed by atoms with Crippen LogP contribution in [-0.4, -0.2) is 28.8 Å². The SMILES string of the molecule is CC(=O)N1CCCC1(Cc1ccccc1)C(=O)NCc1ccccc1. The summed E-state index contributed by atoms with van der Waals surface area (Å²) in [5.41, 5.74) is 1.34. The summed E-state index contributed by atoms with van der Waals surface area (Å²) in [4.78, 5) is 27.1. The maximum Gasteiger partial charge on any atom is 0.246 e. The second-order valence-electron chi connectivity index (χ2n) is 6.64. The van der Waals surface area contributed by atoms with Crippen molar-refractivity contribution in [1.29, 1.82) is 0 Å². The molecule has 1 unspecified atom stereocenters. The van der Waals surface area contributed by atoms with E-state index in [2.05, 4.69) is 5.32 Å². The molecule has 2 aromatic rings. The number of benzene rings is 2. The van der Waals surface area contributed by atoms with Crippen LogP contribution in [-0.2, 0) is 22.6 Å². The van der Waals surface area contributed by atoms with Gasteiger partial charge in [-0.15, -0.1) is 0 Å². The van der Waals surface area contributed by atoms with Gasteiger partial charge < -0.3 is 10.2 Å². The molecule has 0 saturated carbocycles. The number of nitrogens with zero attached hydrogens (tertiary/aromatic N) is 1. The van der Waals surface area contributed by atoms with Gasteiger partial charge in [-0.3, -0.25) is 9.59 Å². The molecule has 0 spiro atoms. The van der Waals surface area contributed by atoms with Crippen LogP contribution in [0.2, 0.25) is 0 Å². The zero-order valence-electron chi connectivity index (χ0n) is 14.6. The van der Waals surface area contributed by atoms with Crippen molar-refractivity contribution in [2.75, 3.05) is 6.54 Å². The Kier molecular flexibility index (Phi) is 5.17. The standard InChI is InChI=1S/C21H24N2O2/c1-17(24)23-14-8-13-21(23,15-18-9-4-2-5-10-18)20(25)22-16-19-11-6-3-7-12-19/h2-7,9-12H,8,13-16H2,1H3,(H,22,25). The first-order valence-electron chi connectivity index (χ1n) is 8.76. The quantitative estimate of drug-likeness (QED) is 0.913. The molecular weight excluding hydrogens is 312 g/mol. The van der Waals surface area contributed by atoms with Crippen molar-refractivity contribution in [2.24, 2.45) is 0 Å². The van der Waals surface area contributed by atoms with Crippen molar-refractivity contribution < 1.29 is 9.59 Å². The Morgan fingerprint density at radius 3 is 2.20 bits per heavy atom. The number of hydrogen-bond donors (Lipinski definition) is 1.